The summed E-state index contributed by atoms with van der Waals surface area (Å²) in [4.78, 5) is 99.6. The highest BCUT2D eigenvalue weighted by Gasteiger charge is 2.27. The Bertz CT molecular complexity index is 1790. The van der Waals surface area contributed by atoms with Crippen LogP contribution in [-0.4, -0.2) is 102 Å². The van der Waals surface area contributed by atoms with Crippen LogP contribution in [0.3, 0.4) is 0 Å². The Morgan fingerprint density at radius 3 is 2.32 bits per heavy atom. The van der Waals surface area contributed by atoms with Crippen molar-refractivity contribution < 1.29 is 39.0 Å². The molecule has 0 saturated carbocycles. The summed E-state index contributed by atoms with van der Waals surface area (Å²) < 4.78 is 0. The number of benzene rings is 1. The molecule has 50 heavy (non-hydrogen) atoms. The molecule has 0 radical (unpaired) electrons. The Morgan fingerprint density at radius 2 is 1.68 bits per heavy atom. The van der Waals surface area contributed by atoms with E-state index in [4.69, 9.17) is 16.6 Å². The monoisotopic (exact) mass is 715 g/mol. The number of hydrogen-bond acceptors (Lipinski definition) is 14. The number of thiol groups is 1. The molecule has 0 aliphatic heterocycles. The van der Waals surface area contributed by atoms with E-state index in [-0.39, 0.29) is 47.8 Å². The predicted molar refractivity (Wildman–Crippen MR) is 181 cm³/mol. The highest BCUT2D eigenvalue weighted by Crippen LogP contribution is 2.12. The van der Waals surface area contributed by atoms with Crippen molar-refractivity contribution in [3.05, 3.63) is 52.1 Å². The smallest absolute Gasteiger partial charge is 0.326 e. The zero-order valence-corrected chi connectivity index (χ0v) is 27.5. The number of carbonyl (C=O) groups excluding carboxylic acids is 4. The van der Waals surface area contributed by atoms with E-state index in [1.54, 1.807) is 19.1 Å². The van der Waals surface area contributed by atoms with Crippen LogP contribution in [0, 0.1) is 0 Å². The van der Waals surface area contributed by atoms with E-state index < -0.39 is 78.3 Å². The summed E-state index contributed by atoms with van der Waals surface area (Å²) in [6, 6.07) is 1.43. The highest BCUT2D eigenvalue weighted by atomic mass is 32.1. The van der Waals surface area contributed by atoms with Crippen molar-refractivity contribution in [2.24, 2.45) is 5.73 Å². The van der Waals surface area contributed by atoms with E-state index >= 15 is 0 Å². The summed E-state index contributed by atoms with van der Waals surface area (Å²) in [5.41, 5.74) is 12.0. The van der Waals surface area contributed by atoms with Crippen LogP contribution in [0.4, 0.5) is 11.6 Å². The van der Waals surface area contributed by atoms with Crippen molar-refractivity contribution in [3.8, 4) is 0 Å². The second kappa shape index (κ2) is 18.1. The van der Waals surface area contributed by atoms with Crippen LogP contribution >= 0.6 is 12.6 Å². The third-order valence-corrected chi connectivity index (χ3v) is 7.45. The summed E-state index contributed by atoms with van der Waals surface area (Å²) in [5, 5.41) is 31.2. The molecule has 3 aromatic rings. The van der Waals surface area contributed by atoms with Crippen LogP contribution in [0.2, 0.25) is 0 Å². The molecule has 20 nitrogen and oxygen atoms in total. The van der Waals surface area contributed by atoms with Crippen molar-refractivity contribution in [2.75, 3.05) is 23.3 Å². The molecule has 0 unspecified atom stereocenters. The summed E-state index contributed by atoms with van der Waals surface area (Å²) >= 11 is 4.03. The van der Waals surface area contributed by atoms with E-state index in [1.807, 2.05) is 0 Å². The van der Waals surface area contributed by atoms with Crippen LogP contribution in [0.15, 0.2) is 35.3 Å². The minimum atomic E-state index is -1.43. The first kappa shape index (κ1) is 38.6. The number of nitrogens with two attached hydrogens (primary N) is 2. The Labute approximate surface area is 289 Å². The number of H-pyrrole nitrogens is 1. The lowest BCUT2D eigenvalue weighted by molar-refractivity contribution is -0.141. The maximum Gasteiger partial charge on any atom is 0.326 e. The molecular weight excluding hydrogens is 678 g/mol. The van der Waals surface area contributed by atoms with Gasteiger partial charge in [-0.05, 0) is 37.6 Å². The first-order chi connectivity index (χ1) is 23.7. The topological polar surface area (TPSA) is 327 Å². The lowest BCUT2D eigenvalue weighted by Gasteiger charge is -2.21. The molecule has 0 bridgehead atoms. The number of aliphatic carboxylic acids is 2. The number of carboxylic acid groups (broad SMARTS) is 2. The van der Waals surface area contributed by atoms with Gasteiger partial charge in [-0.2, -0.15) is 17.6 Å². The highest BCUT2D eigenvalue weighted by molar-refractivity contribution is 7.80. The molecule has 0 saturated heterocycles. The molecular formula is C29H37N11O9S. The molecule has 0 fully saturated rings. The zero-order chi connectivity index (χ0) is 37.0. The van der Waals surface area contributed by atoms with Gasteiger partial charge in [0.25, 0.3) is 11.5 Å². The fourth-order valence-electron chi connectivity index (χ4n) is 4.22. The summed E-state index contributed by atoms with van der Waals surface area (Å²) in [6.07, 6.45) is 0.0681. The lowest BCUT2D eigenvalue weighted by Crippen LogP contribution is -2.56. The van der Waals surface area contributed by atoms with Gasteiger partial charge in [-0.25, -0.2) is 14.8 Å². The number of amides is 4. The van der Waals surface area contributed by atoms with Gasteiger partial charge in [0.05, 0.1) is 24.9 Å². The molecule has 12 N–H and O–H groups in total. The number of carbonyl (C=O) groups is 6. The fraction of sp³-hybridized carbons (Fsp3) is 0.379. The molecule has 21 heteroatoms. The van der Waals surface area contributed by atoms with E-state index in [1.165, 1.54) is 18.3 Å². The molecule has 268 valence electrons. The van der Waals surface area contributed by atoms with E-state index in [0.29, 0.717) is 11.4 Å². The van der Waals surface area contributed by atoms with Crippen molar-refractivity contribution in [1.29, 1.82) is 0 Å². The number of nitrogens with one attached hydrogen (secondary N) is 6. The number of hydrogen-bond donors (Lipinski definition) is 11. The minimum absolute atomic E-state index is 0.0209. The quantitative estimate of drug-likeness (QED) is 0.0618. The van der Waals surface area contributed by atoms with Crippen molar-refractivity contribution in [3.63, 3.8) is 0 Å². The van der Waals surface area contributed by atoms with Gasteiger partial charge in [-0.3, -0.25) is 33.8 Å². The SMILES string of the molecule is C[C@H](CS)NC(=O)[C@H](CC(=O)O)NC(=O)[C@@H](N)CNC(=O)CC[C@@H](NC(=O)c1ccc(NCc2cnc3nc(N)[nH]c(=O)c3n2)cc1)C(=O)O. The van der Waals surface area contributed by atoms with Crippen LogP contribution in [0.1, 0.15) is 42.2 Å². The molecule has 3 rings (SSSR count). The van der Waals surface area contributed by atoms with Crippen LogP contribution < -0.4 is 43.6 Å². The molecule has 4 atom stereocenters. The number of aromatic amines is 1. The number of nitrogens with zero attached hydrogens (tertiary/aromatic N) is 3. The molecule has 2 aromatic heterocycles. The average molecular weight is 716 g/mol. The van der Waals surface area contributed by atoms with Gasteiger partial charge >= 0.3 is 11.9 Å². The standard InChI is InChI=1S/C29H37N11O9S/c1-13(12-50)35-26(46)19(8-21(42)43)38-25(45)17(30)11-33-20(41)7-6-18(28(48)49)37-24(44)14-2-4-15(5-3-14)32-9-16-10-34-23-22(36-16)27(47)40-29(31)39-23/h2-5,10,13,17-19,32,50H,6-9,11-12,30H2,1H3,(H,33,41)(H,35,46)(H,37,44)(H,38,45)(H,42,43)(H,48,49)(H3,31,34,39,40,47)/t13-,17+,18-,19+/m1/s1. The zero-order valence-electron chi connectivity index (χ0n) is 26.6. The Balaban J connectivity index is 1.47. The minimum Gasteiger partial charge on any atom is -0.481 e. The van der Waals surface area contributed by atoms with Gasteiger partial charge in [-0.15, -0.1) is 0 Å². The number of carboxylic acids is 2. The van der Waals surface area contributed by atoms with Gasteiger partial charge < -0.3 is 48.3 Å². The Morgan fingerprint density at radius 1 is 0.980 bits per heavy atom. The maximum absolute atomic E-state index is 12.8. The lowest BCUT2D eigenvalue weighted by atomic mass is 10.1. The van der Waals surface area contributed by atoms with Gasteiger partial charge in [0.1, 0.15) is 18.1 Å². The first-order valence-corrected chi connectivity index (χ1v) is 15.6. The number of nitrogen functional groups attached to an aromatic ring is 1. The maximum atomic E-state index is 12.8. The summed E-state index contributed by atoms with van der Waals surface area (Å²) in [6.45, 7) is 1.41. The second-order valence-electron chi connectivity index (χ2n) is 11.0. The molecule has 0 aliphatic carbocycles. The number of fused-ring (bicyclic) bond motifs is 1. The van der Waals surface area contributed by atoms with Gasteiger partial charge in [0, 0.05) is 36.0 Å². The van der Waals surface area contributed by atoms with Crippen molar-refractivity contribution >= 4 is 71.0 Å². The number of anilines is 2. The largest absolute Gasteiger partial charge is 0.481 e. The van der Waals surface area contributed by atoms with Crippen molar-refractivity contribution in [2.45, 2.75) is 56.9 Å². The first-order valence-electron chi connectivity index (χ1n) is 15.0. The number of aromatic nitrogens is 4. The van der Waals surface area contributed by atoms with Gasteiger partial charge in [-0.1, -0.05) is 0 Å². The molecule has 4 amide bonds. The van der Waals surface area contributed by atoms with Gasteiger partial charge in [0.2, 0.25) is 23.7 Å². The van der Waals surface area contributed by atoms with Crippen LogP contribution in [0.25, 0.3) is 11.2 Å². The number of rotatable bonds is 18. The molecule has 2 heterocycles. The van der Waals surface area contributed by atoms with E-state index in [2.05, 4.69) is 59.1 Å². The van der Waals surface area contributed by atoms with Crippen LogP contribution in [-0.2, 0) is 30.5 Å². The summed E-state index contributed by atoms with van der Waals surface area (Å²) in [7, 11) is 0. The average Bonchev–Trinajstić information content (AvgIpc) is 3.07. The van der Waals surface area contributed by atoms with Crippen LogP contribution in [0.5, 0.6) is 0 Å². The Kier molecular flexibility index (Phi) is 14.0. The normalized spacial score (nSPS) is 13.3. The van der Waals surface area contributed by atoms with Crippen molar-refractivity contribution in [1.82, 2.24) is 41.2 Å². The second-order valence-corrected chi connectivity index (χ2v) is 11.3. The van der Waals surface area contributed by atoms with E-state index in [0.717, 1.165) is 0 Å². The summed E-state index contributed by atoms with van der Waals surface area (Å²) in [5.74, 6) is -5.56. The van der Waals surface area contributed by atoms with E-state index in [9.17, 15) is 38.7 Å². The molecule has 0 spiro atoms. The van der Waals surface area contributed by atoms with Gasteiger partial charge in [0.15, 0.2) is 11.2 Å². The third-order valence-electron chi connectivity index (χ3n) is 6.90. The molecule has 1 aromatic carbocycles. The molecule has 0 aliphatic rings. The predicted octanol–water partition coefficient (Wildman–Crippen LogP) is -2.29. The fourth-order valence-corrected chi connectivity index (χ4v) is 4.31. The third kappa shape index (κ3) is 11.7. The Hall–Kier alpha value is -5.83.